The summed E-state index contributed by atoms with van der Waals surface area (Å²) in [5, 5.41) is 3.14. The molecule has 1 aliphatic rings. The van der Waals surface area contributed by atoms with Crippen LogP contribution in [-0.4, -0.2) is 22.1 Å². The first kappa shape index (κ1) is 20.0. The maximum atomic E-state index is 13.0. The Morgan fingerprint density at radius 3 is 2.57 bits per heavy atom. The van der Waals surface area contributed by atoms with E-state index in [0.29, 0.717) is 35.5 Å². The van der Waals surface area contributed by atoms with Gasteiger partial charge in [-0.05, 0) is 36.1 Å². The number of carbonyl (C=O) groups excluding carboxylic acids is 1. The van der Waals surface area contributed by atoms with Crippen molar-refractivity contribution < 1.29 is 22.7 Å². The van der Waals surface area contributed by atoms with Crippen molar-refractivity contribution in [1.29, 1.82) is 0 Å². The van der Waals surface area contributed by atoms with Gasteiger partial charge in [0.1, 0.15) is 5.75 Å². The molecule has 2 N–H and O–H groups in total. The molecule has 0 aliphatic heterocycles. The van der Waals surface area contributed by atoms with Gasteiger partial charge in [-0.3, -0.25) is 9.78 Å². The van der Waals surface area contributed by atoms with Crippen molar-refractivity contribution in [3.63, 3.8) is 0 Å². The smallest absolute Gasteiger partial charge is 0.406 e. The zero-order valence-electron chi connectivity index (χ0n) is 16.4. The molecule has 8 heteroatoms. The molecule has 0 atom stereocenters. The van der Waals surface area contributed by atoms with Crippen LogP contribution in [0.1, 0.15) is 36.3 Å². The van der Waals surface area contributed by atoms with Gasteiger partial charge >= 0.3 is 6.36 Å². The van der Waals surface area contributed by atoms with Gasteiger partial charge in [-0.15, -0.1) is 13.2 Å². The number of fused-ring (bicyclic) bond motifs is 1. The minimum absolute atomic E-state index is 0.0111. The van der Waals surface area contributed by atoms with Crippen molar-refractivity contribution in [2.75, 3.05) is 5.32 Å². The Bertz CT molecular complexity index is 1090. The third-order valence-corrected chi connectivity index (χ3v) is 4.96. The highest BCUT2D eigenvalue weighted by Crippen LogP contribution is 2.43. The highest BCUT2D eigenvalue weighted by atomic mass is 19.4. The van der Waals surface area contributed by atoms with E-state index in [1.54, 1.807) is 30.6 Å². The predicted octanol–water partition coefficient (Wildman–Crippen LogP) is 5.87. The highest BCUT2D eigenvalue weighted by Gasteiger charge is 2.36. The van der Waals surface area contributed by atoms with Crippen LogP contribution in [0.15, 0.2) is 48.8 Å². The Balaban J connectivity index is 1.79. The number of hydrogen-bond donors (Lipinski definition) is 2. The lowest BCUT2D eigenvalue weighted by Gasteiger charge is -2.28. The Morgan fingerprint density at radius 2 is 1.87 bits per heavy atom. The van der Waals surface area contributed by atoms with Crippen LogP contribution in [0.4, 0.5) is 24.5 Å². The summed E-state index contributed by atoms with van der Waals surface area (Å²) in [6, 6.07) is 9.17. The number of carbonyl (C=O) groups is 1. The topological polar surface area (TPSA) is 67.0 Å². The number of rotatable bonds is 4. The van der Waals surface area contributed by atoms with Crippen molar-refractivity contribution in [2.45, 2.75) is 33.1 Å². The first-order valence-electron chi connectivity index (χ1n) is 9.43. The van der Waals surface area contributed by atoms with Crippen LogP contribution >= 0.6 is 0 Å². The normalized spacial score (nSPS) is 15.6. The van der Waals surface area contributed by atoms with Crippen LogP contribution < -0.4 is 10.1 Å². The third-order valence-electron chi connectivity index (χ3n) is 4.96. The highest BCUT2D eigenvalue weighted by molar-refractivity contribution is 6.07. The van der Waals surface area contributed by atoms with Crippen molar-refractivity contribution in [3.05, 3.63) is 60.0 Å². The molecule has 0 unspecified atom stereocenters. The van der Waals surface area contributed by atoms with Crippen molar-refractivity contribution in [1.82, 2.24) is 9.97 Å². The monoisotopic (exact) mass is 415 g/mol. The van der Waals surface area contributed by atoms with Crippen LogP contribution in [0.5, 0.6) is 5.75 Å². The Hall–Kier alpha value is -3.29. The summed E-state index contributed by atoms with van der Waals surface area (Å²) < 4.78 is 41.8. The Morgan fingerprint density at radius 1 is 1.13 bits per heavy atom. The molecular formula is C22H20F3N3O2. The van der Waals surface area contributed by atoms with Crippen molar-refractivity contribution >= 4 is 17.2 Å². The van der Waals surface area contributed by atoms with Crippen molar-refractivity contribution in [2.24, 2.45) is 5.41 Å². The number of ether oxygens (including phenoxy) is 1. The van der Waals surface area contributed by atoms with Gasteiger partial charge in [0.15, 0.2) is 5.78 Å². The van der Waals surface area contributed by atoms with Crippen LogP contribution in [0, 0.1) is 5.41 Å². The molecule has 0 bridgehead atoms. The maximum absolute atomic E-state index is 13.0. The molecule has 2 heterocycles. The van der Waals surface area contributed by atoms with Gasteiger partial charge < -0.3 is 15.0 Å². The van der Waals surface area contributed by atoms with Gasteiger partial charge in [0.2, 0.25) is 0 Å². The minimum atomic E-state index is -4.78. The second-order valence-corrected chi connectivity index (χ2v) is 8.11. The number of nitrogens with zero attached hydrogens (tertiary/aromatic N) is 1. The lowest BCUT2D eigenvalue weighted by Crippen LogP contribution is -2.26. The van der Waals surface area contributed by atoms with E-state index in [1.165, 1.54) is 18.2 Å². The van der Waals surface area contributed by atoms with Crippen LogP contribution in [0.25, 0.3) is 11.3 Å². The molecule has 2 aromatic heterocycles. The predicted molar refractivity (Wildman–Crippen MR) is 107 cm³/mol. The van der Waals surface area contributed by atoms with Gasteiger partial charge in [-0.25, -0.2) is 0 Å². The Kier molecular flexibility index (Phi) is 4.80. The summed E-state index contributed by atoms with van der Waals surface area (Å²) in [4.78, 5) is 20.3. The summed E-state index contributed by atoms with van der Waals surface area (Å²) in [6.07, 6.45) is -0.425. The van der Waals surface area contributed by atoms with E-state index in [2.05, 4.69) is 20.0 Å². The maximum Gasteiger partial charge on any atom is 0.573 e. The van der Waals surface area contributed by atoms with Gasteiger partial charge in [0.25, 0.3) is 0 Å². The number of aromatic amines is 1. The summed E-state index contributed by atoms with van der Waals surface area (Å²) in [5.41, 5.74) is 3.61. The SMILES string of the molecule is CC1(C)CC(=O)c2c([nH]c(-c3ccncc3)c2Nc2cccc(OC(F)(F)F)c2)C1. The molecule has 0 spiro atoms. The molecule has 1 aliphatic carbocycles. The van der Waals surface area contributed by atoms with Gasteiger partial charge in [-0.2, -0.15) is 0 Å². The first-order valence-corrected chi connectivity index (χ1v) is 9.43. The van der Waals surface area contributed by atoms with E-state index in [0.717, 1.165) is 11.3 Å². The number of aromatic nitrogens is 2. The minimum Gasteiger partial charge on any atom is -0.406 e. The number of nitrogens with one attached hydrogen (secondary N) is 2. The summed E-state index contributed by atoms with van der Waals surface area (Å²) in [7, 11) is 0. The number of Topliss-reactive ketones (excluding diaryl/α,β-unsaturated/α-hetero) is 1. The quantitative estimate of drug-likeness (QED) is 0.559. The molecule has 0 amide bonds. The largest absolute Gasteiger partial charge is 0.573 e. The Labute approximate surface area is 171 Å². The molecule has 5 nitrogen and oxygen atoms in total. The van der Waals surface area contributed by atoms with Gasteiger partial charge in [-0.1, -0.05) is 19.9 Å². The lowest BCUT2D eigenvalue weighted by molar-refractivity contribution is -0.274. The second-order valence-electron chi connectivity index (χ2n) is 8.11. The van der Waals surface area contributed by atoms with E-state index in [9.17, 15) is 18.0 Å². The van der Waals surface area contributed by atoms with Crippen LogP contribution in [0.3, 0.4) is 0 Å². The number of hydrogen-bond acceptors (Lipinski definition) is 4. The standard InChI is InChI=1S/C22H20F3N3O2/c1-21(2)11-16-18(17(29)12-21)20(19(28-16)13-6-8-26-9-7-13)27-14-4-3-5-15(10-14)30-22(23,24)25/h3-10,27-28H,11-12H2,1-2H3. The van der Waals surface area contributed by atoms with Crippen LogP contribution in [0.2, 0.25) is 0 Å². The average Bonchev–Trinajstić information content (AvgIpc) is 2.98. The first-order chi connectivity index (χ1) is 14.1. The number of ketones is 1. The second kappa shape index (κ2) is 7.19. The van der Waals surface area contributed by atoms with E-state index in [4.69, 9.17) is 0 Å². The van der Waals surface area contributed by atoms with Crippen molar-refractivity contribution in [3.8, 4) is 17.0 Å². The zero-order chi connectivity index (χ0) is 21.5. The molecule has 30 heavy (non-hydrogen) atoms. The molecule has 1 aromatic carbocycles. The summed E-state index contributed by atoms with van der Waals surface area (Å²) in [5.74, 6) is -0.349. The molecule has 0 saturated heterocycles. The van der Waals surface area contributed by atoms with E-state index >= 15 is 0 Å². The number of alkyl halides is 3. The summed E-state index contributed by atoms with van der Waals surface area (Å²) >= 11 is 0. The zero-order valence-corrected chi connectivity index (χ0v) is 16.4. The fourth-order valence-corrected chi connectivity index (χ4v) is 3.83. The number of anilines is 2. The lowest BCUT2D eigenvalue weighted by atomic mass is 9.76. The van der Waals surface area contributed by atoms with E-state index < -0.39 is 6.36 Å². The van der Waals surface area contributed by atoms with Gasteiger partial charge in [0, 0.05) is 41.8 Å². The number of pyridine rings is 1. The fourth-order valence-electron chi connectivity index (χ4n) is 3.83. The molecule has 0 fully saturated rings. The summed E-state index contributed by atoms with van der Waals surface area (Å²) in [6.45, 7) is 4.07. The molecule has 3 aromatic rings. The third kappa shape index (κ3) is 4.17. The number of H-pyrrole nitrogens is 1. The average molecular weight is 415 g/mol. The number of benzene rings is 1. The van der Waals surface area contributed by atoms with E-state index in [1.807, 2.05) is 13.8 Å². The number of halogens is 3. The van der Waals surface area contributed by atoms with E-state index in [-0.39, 0.29) is 16.9 Å². The van der Waals surface area contributed by atoms with Gasteiger partial charge in [0.05, 0.1) is 16.9 Å². The molecule has 0 saturated carbocycles. The molecule has 156 valence electrons. The molecule has 4 rings (SSSR count). The molecular weight excluding hydrogens is 395 g/mol. The molecule has 0 radical (unpaired) electrons. The fraction of sp³-hybridized carbons (Fsp3) is 0.273. The van der Waals surface area contributed by atoms with Crippen LogP contribution in [-0.2, 0) is 6.42 Å².